The molecule has 2 N–H and O–H groups in total. The molecule has 1 aromatic heterocycles. The Kier molecular flexibility index (Phi) is 5.22. The first-order chi connectivity index (χ1) is 9.03. The standard InChI is InChI=1S/C13H23N3OS2/c1-9(2)14-13(8-17)6-4-5-11(7-13)19-12-16-15-10(3)18-12/h9,11,14,17H,4-8H2,1-3H3. The quantitative estimate of drug-likeness (QED) is 0.875. The summed E-state index contributed by atoms with van der Waals surface area (Å²) >= 11 is 3.48. The number of aliphatic hydroxyl groups excluding tert-OH is 1. The van der Waals surface area contributed by atoms with Crippen LogP contribution in [-0.2, 0) is 0 Å². The van der Waals surface area contributed by atoms with Crippen molar-refractivity contribution in [3.8, 4) is 0 Å². The van der Waals surface area contributed by atoms with E-state index < -0.39 is 0 Å². The molecule has 19 heavy (non-hydrogen) atoms. The van der Waals surface area contributed by atoms with Crippen molar-refractivity contribution < 1.29 is 5.11 Å². The summed E-state index contributed by atoms with van der Waals surface area (Å²) in [5.74, 6) is 0. The highest BCUT2D eigenvalue weighted by Gasteiger charge is 2.36. The SMILES string of the molecule is Cc1nnc(SC2CCCC(CO)(NC(C)C)C2)s1. The summed E-state index contributed by atoms with van der Waals surface area (Å²) in [7, 11) is 0. The predicted molar refractivity (Wildman–Crippen MR) is 80.8 cm³/mol. The van der Waals surface area contributed by atoms with Gasteiger partial charge in [-0.05, 0) is 26.2 Å². The zero-order chi connectivity index (χ0) is 13.9. The lowest BCUT2D eigenvalue weighted by Gasteiger charge is -2.41. The molecule has 1 saturated carbocycles. The first-order valence-electron chi connectivity index (χ1n) is 6.88. The number of rotatable bonds is 5. The summed E-state index contributed by atoms with van der Waals surface area (Å²) < 4.78 is 1.06. The van der Waals surface area contributed by atoms with Gasteiger partial charge in [-0.1, -0.05) is 43.4 Å². The lowest BCUT2D eigenvalue weighted by molar-refractivity contribution is 0.115. The second-order valence-electron chi connectivity index (χ2n) is 5.66. The summed E-state index contributed by atoms with van der Waals surface area (Å²) in [4.78, 5) is 0. The molecule has 108 valence electrons. The van der Waals surface area contributed by atoms with Crippen molar-refractivity contribution >= 4 is 23.1 Å². The average Bonchev–Trinajstić information content (AvgIpc) is 2.74. The summed E-state index contributed by atoms with van der Waals surface area (Å²) in [6, 6.07) is 0.402. The van der Waals surface area contributed by atoms with Crippen LogP contribution >= 0.6 is 23.1 Å². The lowest BCUT2D eigenvalue weighted by atomic mass is 9.81. The number of aryl methyl sites for hydroxylation is 1. The minimum Gasteiger partial charge on any atom is -0.394 e. The van der Waals surface area contributed by atoms with Crippen LogP contribution in [0.25, 0.3) is 0 Å². The van der Waals surface area contributed by atoms with Crippen molar-refractivity contribution in [3.63, 3.8) is 0 Å². The molecule has 0 saturated heterocycles. The van der Waals surface area contributed by atoms with Gasteiger partial charge in [0.2, 0.25) is 0 Å². The summed E-state index contributed by atoms with van der Waals surface area (Å²) in [5, 5.41) is 23.2. The summed E-state index contributed by atoms with van der Waals surface area (Å²) in [5.41, 5.74) is -0.107. The van der Waals surface area contributed by atoms with E-state index in [4.69, 9.17) is 0 Å². The molecule has 1 aromatic rings. The number of aliphatic hydroxyl groups is 1. The second-order valence-corrected chi connectivity index (χ2v) is 8.39. The first-order valence-corrected chi connectivity index (χ1v) is 8.58. The molecule has 6 heteroatoms. The molecule has 2 rings (SSSR count). The minimum absolute atomic E-state index is 0.107. The zero-order valence-electron chi connectivity index (χ0n) is 11.8. The van der Waals surface area contributed by atoms with Crippen molar-refractivity contribution in [2.24, 2.45) is 0 Å². The molecule has 2 unspecified atom stereocenters. The highest BCUT2D eigenvalue weighted by Crippen LogP contribution is 2.39. The van der Waals surface area contributed by atoms with Gasteiger partial charge < -0.3 is 10.4 Å². The Morgan fingerprint density at radius 1 is 1.53 bits per heavy atom. The van der Waals surface area contributed by atoms with Gasteiger partial charge in [0.1, 0.15) is 5.01 Å². The van der Waals surface area contributed by atoms with Crippen molar-refractivity contribution in [3.05, 3.63) is 5.01 Å². The summed E-state index contributed by atoms with van der Waals surface area (Å²) in [6.45, 7) is 6.49. The van der Waals surface area contributed by atoms with Gasteiger partial charge in [-0.25, -0.2) is 0 Å². The van der Waals surface area contributed by atoms with Crippen LogP contribution in [0.1, 0.15) is 44.5 Å². The molecular weight excluding hydrogens is 278 g/mol. The molecule has 0 spiro atoms. The minimum atomic E-state index is -0.107. The van der Waals surface area contributed by atoms with Crippen LogP contribution < -0.4 is 5.32 Å². The van der Waals surface area contributed by atoms with Crippen LogP contribution in [0.2, 0.25) is 0 Å². The zero-order valence-corrected chi connectivity index (χ0v) is 13.5. The first kappa shape index (κ1) is 15.2. The second kappa shape index (κ2) is 6.52. The Bertz CT molecular complexity index is 410. The lowest BCUT2D eigenvalue weighted by Crippen LogP contribution is -2.54. The fourth-order valence-electron chi connectivity index (χ4n) is 2.81. The molecule has 1 aliphatic carbocycles. The van der Waals surface area contributed by atoms with E-state index in [1.807, 2.05) is 18.7 Å². The molecule has 1 aliphatic rings. The topological polar surface area (TPSA) is 58.0 Å². The van der Waals surface area contributed by atoms with Gasteiger partial charge in [0.05, 0.1) is 6.61 Å². The average molecular weight is 301 g/mol. The Balaban J connectivity index is 1.99. The number of nitrogens with zero attached hydrogens (tertiary/aromatic N) is 2. The van der Waals surface area contributed by atoms with Gasteiger partial charge >= 0.3 is 0 Å². The van der Waals surface area contributed by atoms with Crippen molar-refractivity contribution in [1.82, 2.24) is 15.5 Å². The van der Waals surface area contributed by atoms with E-state index >= 15 is 0 Å². The van der Waals surface area contributed by atoms with Gasteiger partial charge in [-0.2, -0.15) is 0 Å². The van der Waals surface area contributed by atoms with E-state index in [0.29, 0.717) is 11.3 Å². The van der Waals surface area contributed by atoms with Gasteiger partial charge in [-0.3, -0.25) is 0 Å². The van der Waals surface area contributed by atoms with E-state index in [0.717, 1.165) is 28.6 Å². The van der Waals surface area contributed by atoms with E-state index in [9.17, 15) is 5.11 Å². The maximum atomic E-state index is 9.78. The van der Waals surface area contributed by atoms with E-state index in [1.54, 1.807) is 11.3 Å². The number of thioether (sulfide) groups is 1. The molecule has 0 amide bonds. The van der Waals surface area contributed by atoms with Crippen LogP contribution in [0.15, 0.2) is 4.34 Å². The highest BCUT2D eigenvalue weighted by molar-refractivity contribution is 8.01. The van der Waals surface area contributed by atoms with Crippen LogP contribution in [0.3, 0.4) is 0 Å². The molecule has 0 bridgehead atoms. The molecule has 1 heterocycles. The fourth-order valence-corrected chi connectivity index (χ4v) is 5.25. The molecule has 0 aromatic carbocycles. The van der Waals surface area contributed by atoms with Crippen molar-refractivity contribution in [2.75, 3.05) is 6.61 Å². The van der Waals surface area contributed by atoms with Crippen molar-refractivity contribution in [1.29, 1.82) is 0 Å². The molecular formula is C13H23N3OS2. The van der Waals surface area contributed by atoms with E-state index in [1.165, 1.54) is 6.42 Å². The third-order valence-corrected chi connectivity index (χ3v) is 5.66. The smallest absolute Gasteiger partial charge is 0.174 e. The Labute approximate surface area is 123 Å². The maximum Gasteiger partial charge on any atom is 0.174 e. The third-order valence-electron chi connectivity index (χ3n) is 3.47. The maximum absolute atomic E-state index is 9.78. The van der Waals surface area contributed by atoms with Crippen LogP contribution in [0.4, 0.5) is 0 Å². The molecule has 1 fully saturated rings. The monoisotopic (exact) mass is 301 g/mol. The third kappa shape index (κ3) is 4.15. The Morgan fingerprint density at radius 2 is 2.32 bits per heavy atom. The number of hydrogen-bond donors (Lipinski definition) is 2. The van der Waals surface area contributed by atoms with Crippen LogP contribution in [-0.4, -0.2) is 38.7 Å². The van der Waals surface area contributed by atoms with Crippen LogP contribution in [0, 0.1) is 6.92 Å². The number of aromatic nitrogens is 2. The van der Waals surface area contributed by atoms with Gasteiger partial charge in [0.25, 0.3) is 0 Å². The number of hydrogen-bond acceptors (Lipinski definition) is 6. The van der Waals surface area contributed by atoms with Gasteiger partial charge in [0, 0.05) is 16.8 Å². The largest absolute Gasteiger partial charge is 0.394 e. The van der Waals surface area contributed by atoms with Crippen molar-refractivity contribution in [2.45, 2.75) is 67.6 Å². The Morgan fingerprint density at radius 3 is 2.89 bits per heavy atom. The summed E-state index contributed by atoms with van der Waals surface area (Å²) in [6.07, 6.45) is 4.43. The van der Waals surface area contributed by atoms with E-state index in [-0.39, 0.29) is 12.1 Å². The normalized spacial score (nSPS) is 27.9. The van der Waals surface area contributed by atoms with Gasteiger partial charge in [-0.15, -0.1) is 10.2 Å². The van der Waals surface area contributed by atoms with Crippen LogP contribution in [0.5, 0.6) is 0 Å². The fraction of sp³-hybridized carbons (Fsp3) is 0.846. The number of nitrogens with one attached hydrogen (secondary N) is 1. The molecule has 0 aliphatic heterocycles. The molecule has 0 radical (unpaired) electrons. The van der Waals surface area contributed by atoms with Gasteiger partial charge in [0.15, 0.2) is 4.34 Å². The molecule has 2 atom stereocenters. The Hall–Kier alpha value is -0.170. The molecule has 4 nitrogen and oxygen atoms in total. The highest BCUT2D eigenvalue weighted by atomic mass is 32.2. The van der Waals surface area contributed by atoms with E-state index in [2.05, 4.69) is 29.4 Å². The predicted octanol–water partition coefficient (Wildman–Crippen LogP) is 2.61.